The van der Waals surface area contributed by atoms with Gasteiger partial charge in [0.2, 0.25) is 0 Å². The molecule has 0 fully saturated rings. The molecule has 0 saturated carbocycles. The summed E-state index contributed by atoms with van der Waals surface area (Å²) in [5.74, 6) is -1.18. The molecular formula is C41H39N5O7S2. The van der Waals surface area contributed by atoms with Gasteiger partial charge in [0.15, 0.2) is 0 Å². The number of amides is 1. The third-order valence-corrected chi connectivity index (χ3v) is 11.1. The molecule has 282 valence electrons. The standard InChI is InChI=1S/C21H21N3O3S.C20H18N2O4S/c1-12-5-7-15(8-6-12)19-20(21(25)22-4)28-18(23-19)11-16-9-14(3)17(24(26)27)10-13(16)2;1-11-4-6-14(7-5-11)18-19(20(23)24)27-17(21-18)10-15-8-13(3)16(22(25)26)9-12(15)2/h5-10H,11H2,1-4H3,(H,22,25);4-9H,10H2,1-3H3,(H,23,24). The SMILES string of the molecule is CNC(=O)c1sc(Cc2cc(C)c([N+](=O)[O-])cc2C)nc1-c1ccc(C)cc1.Cc1ccc(-c2nc(Cc3cc(C)c([N+](=O)[O-])cc3C)sc2C(=O)O)cc1. The molecule has 6 aromatic rings. The van der Waals surface area contributed by atoms with Crippen LogP contribution in [0, 0.1) is 61.8 Å². The Bertz CT molecular complexity index is 2440. The number of aryl methyl sites for hydroxylation is 6. The first-order valence-electron chi connectivity index (χ1n) is 17.1. The summed E-state index contributed by atoms with van der Waals surface area (Å²) in [6.07, 6.45) is 0.951. The molecular weight excluding hydrogens is 739 g/mol. The number of carbonyl (C=O) groups is 2. The summed E-state index contributed by atoms with van der Waals surface area (Å²) in [5, 5.41) is 35.9. The van der Waals surface area contributed by atoms with Crippen LogP contribution in [-0.2, 0) is 12.8 Å². The van der Waals surface area contributed by atoms with Crippen molar-refractivity contribution in [3.8, 4) is 22.5 Å². The van der Waals surface area contributed by atoms with E-state index in [2.05, 4.69) is 10.3 Å². The van der Waals surface area contributed by atoms with Crippen LogP contribution in [-0.4, -0.2) is 43.8 Å². The highest BCUT2D eigenvalue weighted by Crippen LogP contribution is 2.33. The fourth-order valence-electron chi connectivity index (χ4n) is 5.93. The number of nitrogens with zero attached hydrogens (tertiary/aromatic N) is 4. The van der Waals surface area contributed by atoms with Gasteiger partial charge in [-0.25, -0.2) is 14.8 Å². The number of carboxylic acids is 1. The van der Waals surface area contributed by atoms with Gasteiger partial charge in [0, 0.05) is 54.3 Å². The number of rotatable bonds is 10. The zero-order valence-electron chi connectivity index (χ0n) is 31.3. The van der Waals surface area contributed by atoms with Crippen molar-refractivity contribution in [2.24, 2.45) is 0 Å². The lowest BCUT2D eigenvalue weighted by atomic mass is 10.0. The van der Waals surface area contributed by atoms with Gasteiger partial charge in [-0.05, 0) is 75.9 Å². The maximum absolute atomic E-state index is 12.4. The smallest absolute Gasteiger partial charge is 0.348 e. The van der Waals surface area contributed by atoms with E-state index in [1.807, 2.05) is 82.3 Å². The third kappa shape index (κ3) is 9.34. The van der Waals surface area contributed by atoms with Crippen molar-refractivity contribution >= 4 is 45.9 Å². The molecule has 0 spiro atoms. The number of hydrogen-bond donors (Lipinski definition) is 2. The number of aromatic nitrogens is 2. The van der Waals surface area contributed by atoms with Gasteiger partial charge in [0.05, 0.1) is 31.2 Å². The number of benzene rings is 4. The summed E-state index contributed by atoms with van der Waals surface area (Å²) < 4.78 is 0. The molecule has 2 heterocycles. The Hall–Kier alpha value is -6.12. The van der Waals surface area contributed by atoms with E-state index in [9.17, 15) is 34.9 Å². The van der Waals surface area contributed by atoms with Gasteiger partial charge in [-0.1, -0.05) is 59.7 Å². The lowest BCUT2D eigenvalue weighted by Crippen LogP contribution is -2.17. The predicted octanol–water partition coefficient (Wildman–Crippen LogP) is 9.53. The van der Waals surface area contributed by atoms with Crippen molar-refractivity contribution in [2.75, 3.05) is 7.05 Å². The second-order valence-corrected chi connectivity index (χ2v) is 15.4. The highest BCUT2D eigenvalue weighted by Gasteiger charge is 2.22. The van der Waals surface area contributed by atoms with Gasteiger partial charge in [0.1, 0.15) is 9.75 Å². The first-order valence-corrected chi connectivity index (χ1v) is 18.8. The maximum atomic E-state index is 12.4. The minimum absolute atomic E-state index is 0.0851. The van der Waals surface area contributed by atoms with Crippen molar-refractivity contribution in [3.05, 3.63) is 157 Å². The van der Waals surface area contributed by atoms with Crippen LogP contribution in [0.25, 0.3) is 22.5 Å². The molecule has 0 aliphatic rings. The summed E-state index contributed by atoms with van der Waals surface area (Å²) >= 11 is 2.50. The monoisotopic (exact) mass is 777 g/mol. The van der Waals surface area contributed by atoms with Gasteiger partial charge in [0.25, 0.3) is 17.3 Å². The highest BCUT2D eigenvalue weighted by molar-refractivity contribution is 7.14. The minimum atomic E-state index is -1.01. The van der Waals surface area contributed by atoms with Crippen LogP contribution >= 0.6 is 22.7 Å². The maximum Gasteiger partial charge on any atom is 0.348 e. The Morgan fingerprint density at radius 2 is 1.02 bits per heavy atom. The van der Waals surface area contributed by atoms with Crippen molar-refractivity contribution in [3.63, 3.8) is 0 Å². The first-order chi connectivity index (χ1) is 26.1. The topological polar surface area (TPSA) is 178 Å². The molecule has 0 unspecified atom stereocenters. The molecule has 0 aliphatic heterocycles. The minimum Gasteiger partial charge on any atom is -0.477 e. The normalized spacial score (nSPS) is 10.7. The van der Waals surface area contributed by atoms with E-state index in [1.165, 1.54) is 11.3 Å². The summed E-state index contributed by atoms with van der Waals surface area (Å²) in [4.78, 5) is 55.5. The Morgan fingerprint density at radius 1 is 0.636 bits per heavy atom. The third-order valence-electron chi connectivity index (χ3n) is 9.01. The number of hydrogen-bond acceptors (Lipinski definition) is 10. The van der Waals surface area contributed by atoms with Gasteiger partial charge in [-0.15, -0.1) is 22.7 Å². The second kappa shape index (κ2) is 16.9. The van der Waals surface area contributed by atoms with Crippen LogP contribution in [0.15, 0.2) is 72.8 Å². The van der Waals surface area contributed by atoms with E-state index in [0.29, 0.717) is 45.2 Å². The molecule has 14 heteroatoms. The summed E-state index contributed by atoms with van der Waals surface area (Å²) in [6, 6.07) is 22.2. The lowest BCUT2D eigenvalue weighted by molar-refractivity contribution is -0.385. The van der Waals surface area contributed by atoms with E-state index in [1.54, 1.807) is 39.1 Å². The quantitative estimate of drug-likeness (QED) is 0.101. The van der Waals surface area contributed by atoms with Crippen molar-refractivity contribution < 1.29 is 24.5 Å². The Kier molecular flexibility index (Phi) is 12.3. The van der Waals surface area contributed by atoms with E-state index >= 15 is 0 Å². The van der Waals surface area contributed by atoms with Crippen LogP contribution in [0.3, 0.4) is 0 Å². The van der Waals surface area contributed by atoms with E-state index in [0.717, 1.165) is 60.9 Å². The summed E-state index contributed by atoms with van der Waals surface area (Å²) in [7, 11) is 1.60. The molecule has 2 aromatic heterocycles. The molecule has 0 bridgehead atoms. The van der Waals surface area contributed by atoms with Crippen LogP contribution in [0.1, 0.15) is 73.9 Å². The van der Waals surface area contributed by atoms with Crippen LogP contribution in [0.4, 0.5) is 11.4 Å². The van der Waals surface area contributed by atoms with Crippen LogP contribution in [0.5, 0.6) is 0 Å². The largest absolute Gasteiger partial charge is 0.477 e. The number of carbonyl (C=O) groups excluding carboxylic acids is 1. The molecule has 0 saturated heterocycles. The zero-order valence-corrected chi connectivity index (χ0v) is 33.0. The Labute approximate surface area is 325 Å². The van der Waals surface area contributed by atoms with Crippen molar-refractivity contribution in [1.29, 1.82) is 0 Å². The summed E-state index contributed by atoms with van der Waals surface area (Å²) in [6.45, 7) is 11.1. The van der Waals surface area contributed by atoms with Gasteiger partial charge < -0.3 is 10.4 Å². The summed E-state index contributed by atoms with van der Waals surface area (Å²) in [5.41, 5.74) is 9.89. The fourth-order valence-corrected chi connectivity index (χ4v) is 7.93. The molecule has 1 amide bonds. The van der Waals surface area contributed by atoms with Crippen LogP contribution < -0.4 is 5.32 Å². The fraction of sp³-hybridized carbons (Fsp3) is 0.220. The molecule has 2 N–H and O–H groups in total. The number of nitro groups is 2. The molecule has 12 nitrogen and oxygen atoms in total. The van der Waals surface area contributed by atoms with Crippen molar-refractivity contribution in [1.82, 2.24) is 15.3 Å². The second-order valence-electron chi connectivity index (χ2n) is 13.2. The van der Waals surface area contributed by atoms with Gasteiger partial charge in [-0.2, -0.15) is 0 Å². The number of carboxylic acid groups (broad SMARTS) is 1. The van der Waals surface area contributed by atoms with Crippen LogP contribution in [0.2, 0.25) is 0 Å². The average Bonchev–Trinajstić information content (AvgIpc) is 3.76. The molecule has 6 rings (SSSR count). The van der Waals surface area contributed by atoms with E-state index in [-0.39, 0.29) is 27.1 Å². The number of aromatic carboxylic acids is 1. The lowest BCUT2D eigenvalue weighted by Gasteiger charge is -2.06. The van der Waals surface area contributed by atoms with E-state index in [4.69, 9.17) is 4.98 Å². The number of nitrogens with one attached hydrogen (secondary N) is 1. The molecule has 0 aliphatic carbocycles. The molecule has 4 aromatic carbocycles. The average molecular weight is 778 g/mol. The Morgan fingerprint density at radius 3 is 1.38 bits per heavy atom. The predicted molar refractivity (Wildman–Crippen MR) is 216 cm³/mol. The van der Waals surface area contributed by atoms with Gasteiger partial charge in [-0.3, -0.25) is 25.0 Å². The zero-order chi connectivity index (χ0) is 40.1. The number of thiazole rings is 2. The first kappa shape index (κ1) is 40.1. The highest BCUT2D eigenvalue weighted by atomic mass is 32.1. The molecule has 0 radical (unpaired) electrons. The van der Waals surface area contributed by atoms with E-state index < -0.39 is 10.9 Å². The van der Waals surface area contributed by atoms with Gasteiger partial charge >= 0.3 is 5.97 Å². The van der Waals surface area contributed by atoms with Crippen molar-refractivity contribution in [2.45, 2.75) is 54.4 Å². The Balaban J connectivity index is 0.000000211. The molecule has 0 atom stereocenters. The number of nitro benzene ring substituents is 2. The molecule has 55 heavy (non-hydrogen) atoms.